The average Bonchev–Trinajstić information content (AvgIpc) is 2.75. The van der Waals surface area contributed by atoms with Crippen molar-refractivity contribution in [2.24, 2.45) is 5.92 Å². The van der Waals surface area contributed by atoms with E-state index >= 15 is 0 Å². The van der Waals surface area contributed by atoms with Crippen molar-refractivity contribution in [3.8, 4) is 0 Å². The van der Waals surface area contributed by atoms with E-state index in [2.05, 4.69) is 5.32 Å². The van der Waals surface area contributed by atoms with Crippen LogP contribution in [0.2, 0.25) is 0 Å². The normalized spacial score (nSPS) is 25.9. The van der Waals surface area contributed by atoms with E-state index in [9.17, 15) is 4.79 Å². The molecular formula is C15H28N2O. The molecule has 3 nitrogen and oxygen atoms in total. The molecular weight excluding hydrogens is 224 g/mol. The molecule has 2 aliphatic rings. The molecule has 1 heterocycles. The Morgan fingerprint density at radius 1 is 1.17 bits per heavy atom. The molecule has 2 rings (SSSR count). The van der Waals surface area contributed by atoms with Crippen LogP contribution in [0.5, 0.6) is 0 Å². The summed E-state index contributed by atoms with van der Waals surface area (Å²) in [6, 6.07) is 0.515. The van der Waals surface area contributed by atoms with Crippen LogP contribution in [0, 0.1) is 5.92 Å². The molecule has 0 aromatic rings. The van der Waals surface area contributed by atoms with Crippen LogP contribution in [0.25, 0.3) is 0 Å². The molecule has 0 spiro atoms. The summed E-state index contributed by atoms with van der Waals surface area (Å²) in [7, 11) is 2.02. The summed E-state index contributed by atoms with van der Waals surface area (Å²) in [6.45, 7) is 2.25. The molecule has 1 saturated heterocycles. The second kappa shape index (κ2) is 7.13. The highest BCUT2D eigenvalue weighted by Crippen LogP contribution is 2.22. The van der Waals surface area contributed by atoms with Crippen molar-refractivity contribution in [1.29, 1.82) is 0 Å². The van der Waals surface area contributed by atoms with Gasteiger partial charge in [0.2, 0.25) is 5.91 Å². The molecule has 1 unspecified atom stereocenters. The van der Waals surface area contributed by atoms with Gasteiger partial charge >= 0.3 is 0 Å². The maximum atomic E-state index is 12.2. The van der Waals surface area contributed by atoms with Crippen LogP contribution in [0.1, 0.15) is 57.8 Å². The molecule has 18 heavy (non-hydrogen) atoms. The lowest BCUT2D eigenvalue weighted by Crippen LogP contribution is -2.36. The Kier molecular flexibility index (Phi) is 5.48. The lowest BCUT2D eigenvalue weighted by molar-refractivity contribution is -0.132. The van der Waals surface area contributed by atoms with E-state index in [1.54, 1.807) is 0 Å². The Hall–Kier alpha value is -0.570. The van der Waals surface area contributed by atoms with E-state index < -0.39 is 0 Å². The minimum atomic E-state index is 0.369. The first-order valence-corrected chi connectivity index (χ1v) is 7.74. The van der Waals surface area contributed by atoms with Crippen molar-refractivity contribution >= 4 is 5.91 Å². The third-order valence-corrected chi connectivity index (χ3v) is 4.69. The van der Waals surface area contributed by atoms with Gasteiger partial charge < -0.3 is 10.2 Å². The summed E-state index contributed by atoms with van der Waals surface area (Å²) in [5, 5.41) is 3.37. The fourth-order valence-corrected chi connectivity index (χ4v) is 3.31. The molecule has 104 valence electrons. The van der Waals surface area contributed by atoms with Crippen molar-refractivity contribution in [2.45, 2.75) is 63.8 Å². The highest BCUT2D eigenvalue weighted by molar-refractivity contribution is 5.76. The van der Waals surface area contributed by atoms with Gasteiger partial charge in [-0.2, -0.15) is 0 Å². The zero-order chi connectivity index (χ0) is 12.8. The number of hydrogen-bond donors (Lipinski definition) is 1. The minimum absolute atomic E-state index is 0.369. The number of nitrogens with one attached hydrogen (secondary N) is 1. The molecule has 1 aliphatic heterocycles. The van der Waals surface area contributed by atoms with E-state index in [0.717, 1.165) is 31.8 Å². The zero-order valence-electron chi connectivity index (χ0n) is 11.8. The maximum absolute atomic E-state index is 12.2. The lowest BCUT2D eigenvalue weighted by Gasteiger charge is -2.27. The van der Waals surface area contributed by atoms with Crippen molar-refractivity contribution < 1.29 is 4.79 Å². The van der Waals surface area contributed by atoms with E-state index in [0.29, 0.717) is 11.9 Å². The van der Waals surface area contributed by atoms with Gasteiger partial charge in [-0.1, -0.05) is 25.7 Å². The van der Waals surface area contributed by atoms with Gasteiger partial charge in [0.25, 0.3) is 0 Å². The van der Waals surface area contributed by atoms with E-state index in [1.165, 1.54) is 44.9 Å². The minimum Gasteiger partial charge on any atom is -0.343 e. The van der Waals surface area contributed by atoms with Crippen LogP contribution in [0.15, 0.2) is 0 Å². The first kappa shape index (κ1) is 13.9. The summed E-state index contributed by atoms with van der Waals surface area (Å²) < 4.78 is 0. The number of nitrogens with zero attached hydrogens (tertiary/aromatic N) is 1. The van der Waals surface area contributed by atoms with Crippen LogP contribution < -0.4 is 5.32 Å². The van der Waals surface area contributed by atoms with Crippen LogP contribution in [0.3, 0.4) is 0 Å². The molecule has 1 amide bonds. The number of hydrogen-bond acceptors (Lipinski definition) is 2. The predicted molar refractivity (Wildman–Crippen MR) is 74.5 cm³/mol. The summed E-state index contributed by atoms with van der Waals surface area (Å²) in [4.78, 5) is 14.3. The second-order valence-electron chi connectivity index (χ2n) is 6.05. The predicted octanol–water partition coefficient (Wildman–Crippen LogP) is 2.56. The summed E-state index contributed by atoms with van der Waals surface area (Å²) in [6.07, 6.45) is 10.8. The van der Waals surface area contributed by atoms with Gasteiger partial charge in [0, 0.05) is 19.5 Å². The van der Waals surface area contributed by atoms with Crippen molar-refractivity contribution in [1.82, 2.24) is 10.2 Å². The molecule has 0 aromatic carbocycles. The fraction of sp³-hybridized carbons (Fsp3) is 0.933. The van der Waals surface area contributed by atoms with Crippen molar-refractivity contribution in [3.63, 3.8) is 0 Å². The Morgan fingerprint density at radius 2 is 1.89 bits per heavy atom. The Bertz CT molecular complexity index is 253. The number of carbonyl (C=O) groups is 1. The maximum Gasteiger partial charge on any atom is 0.222 e. The number of carbonyl (C=O) groups excluding carboxylic acids is 1. The molecule has 3 heteroatoms. The highest BCUT2D eigenvalue weighted by atomic mass is 16.2. The molecule has 1 atom stereocenters. The monoisotopic (exact) mass is 252 g/mol. The van der Waals surface area contributed by atoms with Crippen LogP contribution in [0.4, 0.5) is 0 Å². The fourth-order valence-electron chi connectivity index (χ4n) is 3.31. The third kappa shape index (κ3) is 3.98. The summed E-state index contributed by atoms with van der Waals surface area (Å²) >= 11 is 0. The van der Waals surface area contributed by atoms with Crippen molar-refractivity contribution in [3.05, 3.63) is 0 Å². The van der Waals surface area contributed by atoms with E-state index in [4.69, 9.17) is 0 Å². The van der Waals surface area contributed by atoms with Crippen LogP contribution in [-0.4, -0.2) is 37.0 Å². The molecule has 0 bridgehead atoms. The Morgan fingerprint density at radius 3 is 2.50 bits per heavy atom. The second-order valence-corrected chi connectivity index (χ2v) is 6.05. The standard InChI is InChI=1S/C15H28N2O/c1-17(14-6-4-2-3-5-7-14)15(18)9-8-13-10-11-16-12-13/h13-14,16H,2-12H2,1H3. The van der Waals surface area contributed by atoms with Gasteiger partial charge in [0.05, 0.1) is 0 Å². The molecule has 1 N–H and O–H groups in total. The lowest BCUT2D eigenvalue weighted by atomic mass is 10.0. The Labute approximate surface area is 111 Å². The molecule has 1 aliphatic carbocycles. The number of rotatable bonds is 4. The SMILES string of the molecule is CN(C(=O)CCC1CCNC1)C1CCCCCC1. The molecule has 1 saturated carbocycles. The smallest absolute Gasteiger partial charge is 0.222 e. The first-order chi connectivity index (χ1) is 8.77. The number of amides is 1. The Balaban J connectivity index is 1.72. The average molecular weight is 252 g/mol. The van der Waals surface area contributed by atoms with E-state index in [1.807, 2.05) is 11.9 Å². The zero-order valence-corrected chi connectivity index (χ0v) is 11.8. The van der Waals surface area contributed by atoms with E-state index in [-0.39, 0.29) is 0 Å². The van der Waals surface area contributed by atoms with Gasteiger partial charge in [-0.15, -0.1) is 0 Å². The van der Waals surface area contributed by atoms with Gasteiger partial charge in [-0.3, -0.25) is 4.79 Å². The first-order valence-electron chi connectivity index (χ1n) is 7.74. The third-order valence-electron chi connectivity index (χ3n) is 4.69. The topological polar surface area (TPSA) is 32.3 Å². The summed E-state index contributed by atoms with van der Waals surface area (Å²) in [5.41, 5.74) is 0. The van der Waals surface area contributed by atoms with Crippen LogP contribution >= 0.6 is 0 Å². The highest BCUT2D eigenvalue weighted by Gasteiger charge is 2.22. The quantitative estimate of drug-likeness (QED) is 0.780. The largest absolute Gasteiger partial charge is 0.343 e. The molecule has 0 aromatic heterocycles. The van der Waals surface area contributed by atoms with Gasteiger partial charge in [-0.05, 0) is 44.7 Å². The van der Waals surface area contributed by atoms with Crippen LogP contribution in [-0.2, 0) is 4.79 Å². The van der Waals surface area contributed by atoms with Gasteiger partial charge in [0.15, 0.2) is 0 Å². The van der Waals surface area contributed by atoms with Crippen molar-refractivity contribution in [2.75, 3.05) is 20.1 Å². The summed E-state index contributed by atoms with van der Waals surface area (Å²) in [5.74, 6) is 1.10. The van der Waals surface area contributed by atoms with Gasteiger partial charge in [-0.25, -0.2) is 0 Å². The van der Waals surface area contributed by atoms with Gasteiger partial charge in [0.1, 0.15) is 0 Å². The molecule has 2 fully saturated rings. The molecule has 0 radical (unpaired) electrons.